The second-order valence-corrected chi connectivity index (χ2v) is 9.91. The van der Waals surface area contributed by atoms with Gasteiger partial charge in [0, 0.05) is 0 Å². The third-order valence-corrected chi connectivity index (χ3v) is 6.62. The summed E-state index contributed by atoms with van der Waals surface area (Å²) in [6.07, 6.45) is 44.5. The standard InChI is InChI=1S/C32H60/c1-4-7-10-13-16-19-22-25-28-31-32(29-26-23-20-17-14-11-8-5-2)30-27-24-21-18-15-12-9-6-3/h16-21,32H,4-15,22-31H2,1-3H3/b19-16+,20-17-,21-18-. The molecule has 0 aromatic rings. The van der Waals surface area contributed by atoms with Crippen molar-refractivity contribution in [2.45, 2.75) is 162 Å². The highest BCUT2D eigenvalue weighted by Crippen LogP contribution is 2.23. The molecule has 0 aromatic heterocycles. The SMILES string of the molecule is CCCCC/C=C\CCCC(CCC/C=C\CCCCC)CCCC/C=C/CCCCC. The number of rotatable bonds is 25. The Morgan fingerprint density at radius 2 is 0.625 bits per heavy atom. The molecule has 0 rings (SSSR count). The summed E-state index contributed by atoms with van der Waals surface area (Å²) >= 11 is 0. The van der Waals surface area contributed by atoms with Crippen LogP contribution in [0.4, 0.5) is 0 Å². The fourth-order valence-electron chi connectivity index (χ4n) is 4.42. The number of unbranched alkanes of at least 4 members (excludes halogenated alkanes) is 13. The Balaban J connectivity index is 4.04. The normalized spacial score (nSPS) is 12.4. The quantitative estimate of drug-likeness (QED) is 0.0969. The van der Waals surface area contributed by atoms with E-state index in [-0.39, 0.29) is 0 Å². The van der Waals surface area contributed by atoms with Gasteiger partial charge in [0.2, 0.25) is 0 Å². The largest absolute Gasteiger partial charge is 0.0885 e. The smallest absolute Gasteiger partial charge is 0.0351 e. The van der Waals surface area contributed by atoms with Crippen LogP contribution in [0.1, 0.15) is 162 Å². The van der Waals surface area contributed by atoms with E-state index in [1.54, 1.807) is 0 Å². The fraction of sp³-hybridized carbons (Fsp3) is 0.812. The van der Waals surface area contributed by atoms with E-state index in [9.17, 15) is 0 Å². The van der Waals surface area contributed by atoms with E-state index < -0.39 is 0 Å². The van der Waals surface area contributed by atoms with Gasteiger partial charge in [-0.3, -0.25) is 0 Å². The summed E-state index contributed by atoms with van der Waals surface area (Å²) in [7, 11) is 0. The highest BCUT2D eigenvalue weighted by atomic mass is 14.1. The monoisotopic (exact) mass is 444 g/mol. The maximum atomic E-state index is 2.45. The van der Waals surface area contributed by atoms with E-state index in [1.165, 1.54) is 141 Å². The van der Waals surface area contributed by atoms with Crippen LogP contribution in [0, 0.1) is 5.92 Å². The van der Waals surface area contributed by atoms with Gasteiger partial charge in [0.25, 0.3) is 0 Å². The second kappa shape index (κ2) is 28.3. The molecule has 0 saturated carbocycles. The Morgan fingerprint density at radius 3 is 0.969 bits per heavy atom. The molecule has 0 nitrogen and oxygen atoms in total. The molecule has 0 amide bonds. The van der Waals surface area contributed by atoms with Gasteiger partial charge in [-0.25, -0.2) is 0 Å². The summed E-state index contributed by atoms with van der Waals surface area (Å²) in [5, 5.41) is 0. The Kier molecular flexibility index (Phi) is 27.6. The van der Waals surface area contributed by atoms with Gasteiger partial charge in [-0.1, -0.05) is 121 Å². The van der Waals surface area contributed by atoms with Crippen LogP contribution < -0.4 is 0 Å². The first-order chi connectivity index (χ1) is 15.8. The highest BCUT2D eigenvalue weighted by molar-refractivity contribution is 4.84. The minimum Gasteiger partial charge on any atom is -0.0885 e. The van der Waals surface area contributed by atoms with Gasteiger partial charge in [-0.2, -0.15) is 0 Å². The average Bonchev–Trinajstić information content (AvgIpc) is 2.80. The van der Waals surface area contributed by atoms with Crippen LogP contribution in [0.3, 0.4) is 0 Å². The fourth-order valence-corrected chi connectivity index (χ4v) is 4.42. The van der Waals surface area contributed by atoms with E-state index in [0.717, 1.165) is 5.92 Å². The maximum Gasteiger partial charge on any atom is -0.0351 e. The lowest BCUT2D eigenvalue weighted by molar-refractivity contribution is 0.385. The van der Waals surface area contributed by atoms with Gasteiger partial charge in [0.15, 0.2) is 0 Å². The minimum absolute atomic E-state index is 0.950. The third kappa shape index (κ3) is 25.5. The van der Waals surface area contributed by atoms with Crippen molar-refractivity contribution in [2.24, 2.45) is 5.92 Å². The molecule has 188 valence electrons. The number of hydrogen-bond donors (Lipinski definition) is 0. The van der Waals surface area contributed by atoms with Crippen molar-refractivity contribution in [3.05, 3.63) is 36.5 Å². The average molecular weight is 445 g/mol. The number of hydrogen-bond acceptors (Lipinski definition) is 0. The number of allylic oxidation sites excluding steroid dienone is 6. The van der Waals surface area contributed by atoms with Crippen molar-refractivity contribution in [3.63, 3.8) is 0 Å². The summed E-state index contributed by atoms with van der Waals surface area (Å²) in [5.41, 5.74) is 0. The molecular formula is C32H60. The lowest BCUT2D eigenvalue weighted by Crippen LogP contribution is -2.01. The molecule has 0 heterocycles. The molecule has 0 radical (unpaired) electrons. The molecule has 0 atom stereocenters. The predicted octanol–water partition coefficient (Wildman–Crippen LogP) is 11.9. The minimum atomic E-state index is 0.950. The van der Waals surface area contributed by atoms with Crippen molar-refractivity contribution in [3.8, 4) is 0 Å². The molecule has 0 aliphatic heterocycles. The van der Waals surface area contributed by atoms with Gasteiger partial charge in [-0.05, 0) is 83.0 Å². The highest BCUT2D eigenvalue weighted by Gasteiger charge is 2.07. The van der Waals surface area contributed by atoms with Crippen molar-refractivity contribution in [1.82, 2.24) is 0 Å². The Hall–Kier alpha value is -0.780. The molecule has 0 unspecified atom stereocenters. The van der Waals surface area contributed by atoms with Crippen molar-refractivity contribution in [1.29, 1.82) is 0 Å². The molecule has 0 bridgehead atoms. The van der Waals surface area contributed by atoms with E-state index in [1.807, 2.05) is 0 Å². The van der Waals surface area contributed by atoms with Crippen LogP contribution in [0.5, 0.6) is 0 Å². The molecule has 32 heavy (non-hydrogen) atoms. The van der Waals surface area contributed by atoms with Crippen molar-refractivity contribution in [2.75, 3.05) is 0 Å². The van der Waals surface area contributed by atoms with E-state index >= 15 is 0 Å². The Bertz CT molecular complexity index is 388. The molecule has 0 aliphatic rings. The Labute approximate surface area is 204 Å². The van der Waals surface area contributed by atoms with Gasteiger partial charge in [0.05, 0.1) is 0 Å². The first-order valence-electron chi connectivity index (χ1n) is 14.8. The molecule has 0 aliphatic carbocycles. The summed E-state index contributed by atoms with van der Waals surface area (Å²) in [4.78, 5) is 0. The Morgan fingerprint density at radius 1 is 0.344 bits per heavy atom. The van der Waals surface area contributed by atoms with Crippen LogP contribution in [0.25, 0.3) is 0 Å². The van der Waals surface area contributed by atoms with Gasteiger partial charge in [0.1, 0.15) is 0 Å². The van der Waals surface area contributed by atoms with Crippen LogP contribution in [0.2, 0.25) is 0 Å². The topological polar surface area (TPSA) is 0 Å². The molecule has 0 saturated heterocycles. The molecular weight excluding hydrogens is 384 g/mol. The first-order valence-corrected chi connectivity index (χ1v) is 14.8. The van der Waals surface area contributed by atoms with Gasteiger partial charge in [-0.15, -0.1) is 0 Å². The summed E-state index contributed by atoms with van der Waals surface area (Å²) in [5.74, 6) is 0.950. The second-order valence-electron chi connectivity index (χ2n) is 9.91. The summed E-state index contributed by atoms with van der Waals surface area (Å²) < 4.78 is 0. The van der Waals surface area contributed by atoms with E-state index in [0.29, 0.717) is 0 Å². The third-order valence-electron chi connectivity index (χ3n) is 6.62. The molecule has 0 N–H and O–H groups in total. The summed E-state index contributed by atoms with van der Waals surface area (Å²) in [6.45, 7) is 6.86. The zero-order chi connectivity index (χ0) is 23.4. The lowest BCUT2D eigenvalue weighted by Gasteiger charge is -2.16. The first kappa shape index (κ1) is 31.2. The van der Waals surface area contributed by atoms with Gasteiger partial charge >= 0.3 is 0 Å². The van der Waals surface area contributed by atoms with E-state index in [2.05, 4.69) is 57.2 Å². The molecule has 0 heteroatoms. The van der Waals surface area contributed by atoms with Crippen molar-refractivity contribution >= 4 is 0 Å². The van der Waals surface area contributed by atoms with Crippen molar-refractivity contribution < 1.29 is 0 Å². The van der Waals surface area contributed by atoms with Gasteiger partial charge < -0.3 is 0 Å². The van der Waals surface area contributed by atoms with E-state index in [4.69, 9.17) is 0 Å². The van der Waals surface area contributed by atoms with Crippen LogP contribution in [0.15, 0.2) is 36.5 Å². The molecule has 0 aromatic carbocycles. The predicted molar refractivity (Wildman–Crippen MR) is 150 cm³/mol. The lowest BCUT2D eigenvalue weighted by atomic mass is 9.90. The van der Waals surface area contributed by atoms with Crippen LogP contribution >= 0.6 is 0 Å². The van der Waals surface area contributed by atoms with Crippen LogP contribution in [-0.4, -0.2) is 0 Å². The zero-order valence-corrected chi connectivity index (χ0v) is 22.6. The van der Waals surface area contributed by atoms with Crippen LogP contribution in [-0.2, 0) is 0 Å². The molecule has 0 fully saturated rings. The zero-order valence-electron chi connectivity index (χ0n) is 22.6. The summed E-state index contributed by atoms with van der Waals surface area (Å²) in [6, 6.07) is 0. The molecule has 0 spiro atoms. The maximum absolute atomic E-state index is 2.45.